The van der Waals surface area contributed by atoms with Gasteiger partial charge in [0.2, 0.25) is 0 Å². The highest BCUT2D eigenvalue weighted by molar-refractivity contribution is 5.68. The number of rotatable bonds is 2. The largest absolute Gasteiger partial charge is 0.444 e. The lowest BCUT2D eigenvalue weighted by molar-refractivity contribution is 0.0240. The molecule has 1 saturated carbocycles. The molecule has 0 atom stereocenters. The summed E-state index contributed by atoms with van der Waals surface area (Å²) in [6.07, 6.45) is 4.39. The van der Waals surface area contributed by atoms with Crippen LogP contribution in [0.15, 0.2) is 18.3 Å². The highest BCUT2D eigenvalue weighted by Gasteiger charge is 2.27. The van der Waals surface area contributed by atoms with Gasteiger partial charge < -0.3 is 14.5 Å². The van der Waals surface area contributed by atoms with Crippen molar-refractivity contribution in [1.29, 1.82) is 0 Å². The fraction of sp³-hybridized carbons (Fsp3) is 0.647. The van der Waals surface area contributed by atoms with Gasteiger partial charge in [0.05, 0.1) is 0 Å². The maximum atomic E-state index is 12.1. The van der Waals surface area contributed by atoms with Crippen molar-refractivity contribution < 1.29 is 9.53 Å². The van der Waals surface area contributed by atoms with Crippen LogP contribution in [0, 0.1) is 0 Å². The molecule has 2 heterocycles. The first-order chi connectivity index (χ1) is 10.4. The van der Waals surface area contributed by atoms with Crippen LogP contribution in [0.25, 0.3) is 0 Å². The number of hydrogen-bond acceptors (Lipinski definition) is 4. The Morgan fingerprint density at radius 2 is 1.86 bits per heavy atom. The van der Waals surface area contributed by atoms with E-state index < -0.39 is 5.60 Å². The molecule has 0 radical (unpaired) electrons. The summed E-state index contributed by atoms with van der Waals surface area (Å²) >= 11 is 0. The number of hydrogen-bond donors (Lipinski definition) is 0. The fourth-order valence-corrected chi connectivity index (χ4v) is 2.69. The maximum absolute atomic E-state index is 12.1. The van der Waals surface area contributed by atoms with Gasteiger partial charge >= 0.3 is 6.09 Å². The van der Waals surface area contributed by atoms with E-state index in [2.05, 4.69) is 22.0 Å². The third-order valence-electron chi connectivity index (χ3n) is 4.07. The summed E-state index contributed by atoms with van der Waals surface area (Å²) in [6, 6.07) is 4.30. The molecule has 5 heteroatoms. The number of piperazine rings is 1. The molecule has 0 unspecified atom stereocenters. The van der Waals surface area contributed by atoms with E-state index in [-0.39, 0.29) is 6.09 Å². The molecule has 0 aromatic carbocycles. The second-order valence-electron chi connectivity index (χ2n) is 7.18. The number of nitrogens with zero attached hydrogens (tertiary/aromatic N) is 3. The van der Waals surface area contributed by atoms with E-state index in [1.54, 1.807) is 4.90 Å². The van der Waals surface area contributed by atoms with E-state index in [0.717, 1.165) is 24.8 Å². The summed E-state index contributed by atoms with van der Waals surface area (Å²) < 4.78 is 5.42. The second kappa shape index (κ2) is 5.78. The van der Waals surface area contributed by atoms with Gasteiger partial charge in [0, 0.05) is 32.4 Å². The molecule has 22 heavy (non-hydrogen) atoms. The Hall–Kier alpha value is -1.78. The lowest BCUT2D eigenvalue weighted by Gasteiger charge is -2.36. The van der Waals surface area contributed by atoms with E-state index >= 15 is 0 Å². The summed E-state index contributed by atoms with van der Waals surface area (Å²) in [4.78, 5) is 20.6. The molecule has 2 aliphatic rings. The van der Waals surface area contributed by atoms with E-state index in [1.165, 1.54) is 18.4 Å². The predicted molar refractivity (Wildman–Crippen MR) is 86.2 cm³/mol. The van der Waals surface area contributed by atoms with Crippen molar-refractivity contribution in [2.75, 3.05) is 31.1 Å². The Labute approximate surface area is 132 Å². The molecule has 1 aromatic rings. The number of carbonyl (C=O) groups is 1. The normalized spacial score (nSPS) is 19.2. The molecule has 120 valence electrons. The third-order valence-corrected chi connectivity index (χ3v) is 4.07. The zero-order valence-corrected chi connectivity index (χ0v) is 13.7. The van der Waals surface area contributed by atoms with Crippen molar-refractivity contribution in [3.8, 4) is 0 Å². The quantitative estimate of drug-likeness (QED) is 0.842. The molecule has 0 N–H and O–H groups in total. The van der Waals surface area contributed by atoms with E-state index in [0.29, 0.717) is 13.1 Å². The molecule has 1 amide bonds. The number of anilines is 1. The SMILES string of the molecule is CC(C)(C)OC(=O)N1CCN(c2ccc(C3CC3)cn2)CC1. The van der Waals surface area contributed by atoms with Crippen molar-refractivity contribution >= 4 is 11.9 Å². The van der Waals surface area contributed by atoms with Gasteiger partial charge in [-0.2, -0.15) is 0 Å². The van der Waals surface area contributed by atoms with Crippen LogP contribution in [0.1, 0.15) is 45.1 Å². The zero-order valence-electron chi connectivity index (χ0n) is 13.7. The summed E-state index contributed by atoms with van der Waals surface area (Å²) in [5, 5.41) is 0. The van der Waals surface area contributed by atoms with Crippen LogP contribution in [-0.2, 0) is 4.74 Å². The minimum atomic E-state index is -0.436. The Bertz CT molecular complexity index is 524. The number of aromatic nitrogens is 1. The fourth-order valence-electron chi connectivity index (χ4n) is 2.69. The minimum Gasteiger partial charge on any atom is -0.444 e. The standard InChI is InChI=1S/C17H25N3O2/c1-17(2,3)22-16(21)20-10-8-19(9-11-20)15-7-6-14(12-18-15)13-4-5-13/h6-7,12-13H,4-5,8-11H2,1-3H3. The average Bonchev–Trinajstić information content (AvgIpc) is 3.30. The van der Waals surface area contributed by atoms with Crippen LogP contribution >= 0.6 is 0 Å². The highest BCUT2D eigenvalue weighted by atomic mass is 16.6. The lowest BCUT2D eigenvalue weighted by atomic mass is 10.2. The average molecular weight is 303 g/mol. The highest BCUT2D eigenvalue weighted by Crippen LogP contribution is 2.39. The van der Waals surface area contributed by atoms with Crippen molar-refractivity contribution in [2.24, 2.45) is 0 Å². The third kappa shape index (κ3) is 3.70. The van der Waals surface area contributed by atoms with Gasteiger partial charge in [-0.1, -0.05) is 6.07 Å². The smallest absolute Gasteiger partial charge is 0.410 e. The van der Waals surface area contributed by atoms with Gasteiger partial charge in [-0.05, 0) is 51.2 Å². The first kappa shape index (κ1) is 15.1. The van der Waals surface area contributed by atoms with Gasteiger partial charge in [-0.15, -0.1) is 0 Å². The molecule has 0 bridgehead atoms. The first-order valence-electron chi connectivity index (χ1n) is 8.11. The van der Waals surface area contributed by atoms with E-state index in [4.69, 9.17) is 4.74 Å². The van der Waals surface area contributed by atoms with Gasteiger partial charge in [0.1, 0.15) is 11.4 Å². The summed E-state index contributed by atoms with van der Waals surface area (Å²) in [5.74, 6) is 1.75. The maximum Gasteiger partial charge on any atom is 0.410 e. The van der Waals surface area contributed by atoms with Crippen LogP contribution in [0.4, 0.5) is 10.6 Å². The van der Waals surface area contributed by atoms with E-state index in [9.17, 15) is 4.79 Å². The Morgan fingerprint density at radius 3 is 2.36 bits per heavy atom. The molecular weight excluding hydrogens is 278 g/mol. The van der Waals surface area contributed by atoms with Gasteiger partial charge in [-0.25, -0.2) is 9.78 Å². The molecule has 5 nitrogen and oxygen atoms in total. The molecule has 1 saturated heterocycles. The Kier molecular flexibility index (Phi) is 3.98. The lowest BCUT2D eigenvalue weighted by Crippen LogP contribution is -2.50. The van der Waals surface area contributed by atoms with Gasteiger partial charge in [0.15, 0.2) is 0 Å². The topological polar surface area (TPSA) is 45.7 Å². The number of pyridine rings is 1. The second-order valence-corrected chi connectivity index (χ2v) is 7.18. The van der Waals surface area contributed by atoms with Crippen LogP contribution in [0.5, 0.6) is 0 Å². The van der Waals surface area contributed by atoms with Gasteiger partial charge in [-0.3, -0.25) is 0 Å². The molecular formula is C17H25N3O2. The van der Waals surface area contributed by atoms with Crippen LogP contribution < -0.4 is 4.90 Å². The Balaban J connectivity index is 1.53. The van der Waals surface area contributed by atoms with Crippen molar-refractivity contribution in [3.63, 3.8) is 0 Å². The van der Waals surface area contributed by atoms with Crippen molar-refractivity contribution in [3.05, 3.63) is 23.9 Å². The van der Waals surface area contributed by atoms with Crippen molar-refractivity contribution in [2.45, 2.75) is 45.1 Å². The summed E-state index contributed by atoms with van der Waals surface area (Å²) in [5.41, 5.74) is 0.921. The number of carbonyl (C=O) groups excluding carboxylic acids is 1. The zero-order chi connectivity index (χ0) is 15.7. The van der Waals surface area contributed by atoms with Crippen LogP contribution in [-0.4, -0.2) is 47.8 Å². The number of ether oxygens (including phenoxy) is 1. The Morgan fingerprint density at radius 1 is 1.18 bits per heavy atom. The van der Waals surface area contributed by atoms with Crippen molar-refractivity contribution in [1.82, 2.24) is 9.88 Å². The predicted octanol–water partition coefficient (Wildman–Crippen LogP) is 3.02. The van der Waals surface area contributed by atoms with Crippen LogP contribution in [0.3, 0.4) is 0 Å². The molecule has 2 fully saturated rings. The van der Waals surface area contributed by atoms with E-state index in [1.807, 2.05) is 27.0 Å². The summed E-state index contributed by atoms with van der Waals surface area (Å²) in [6.45, 7) is 8.65. The first-order valence-corrected chi connectivity index (χ1v) is 8.11. The minimum absolute atomic E-state index is 0.218. The molecule has 1 aliphatic heterocycles. The summed E-state index contributed by atoms with van der Waals surface area (Å²) in [7, 11) is 0. The molecule has 1 aromatic heterocycles. The number of amides is 1. The molecule has 3 rings (SSSR count). The monoisotopic (exact) mass is 303 g/mol. The van der Waals surface area contributed by atoms with Gasteiger partial charge in [0.25, 0.3) is 0 Å². The molecule has 0 spiro atoms. The molecule has 1 aliphatic carbocycles. The van der Waals surface area contributed by atoms with Crippen LogP contribution in [0.2, 0.25) is 0 Å².